The quantitative estimate of drug-likeness (QED) is 0.392. The Kier molecular flexibility index (Phi) is 5.25. The first-order valence-corrected chi connectivity index (χ1v) is 5.50. The van der Waals surface area contributed by atoms with Crippen molar-refractivity contribution in [1.29, 1.82) is 0 Å². The van der Waals surface area contributed by atoms with Gasteiger partial charge in [-0.3, -0.25) is 0 Å². The first-order chi connectivity index (χ1) is 6.36. The number of allylic oxidation sites excluding steroid dienone is 3. The molecule has 1 saturated heterocycles. The minimum absolute atomic E-state index is 0.555. The molecule has 0 N–H and O–H groups in total. The van der Waals surface area contributed by atoms with Gasteiger partial charge in [0.25, 0.3) is 0 Å². The van der Waals surface area contributed by atoms with E-state index in [2.05, 4.69) is 31.7 Å². The summed E-state index contributed by atoms with van der Waals surface area (Å²) in [6, 6.07) is 0. The number of hydrogen-bond acceptors (Lipinski definition) is 2. The fourth-order valence-corrected chi connectivity index (χ4v) is 1.52. The molecule has 0 amide bonds. The fourth-order valence-electron chi connectivity index (χ4n) is 1.33. The Bertz CT molecular complexity index is 192. The second-order valence-corrected chi connectivity index (χ2v) is 3.68. The van der Waals surface area contributed by atoms with E-state index in [-0.39, 0.29) is 0 Å². The Labute approximate surface area is 86.3 Å². The maximum absolute atomic E-state index is 5.15. The van der Waals surface area contributed by atoms with E-state index in [0.717, 1.165) is 19.4 Å². The van der Waals surface area contributed by atoms with Gasteiger partial charge in [0, 0.05) is 0 Å². The molecule has 2 heteroatoms. The SMILES string of the molecule is CCCC(/C=C\S)=C\CCC1CO1. The van der Waals surface area contributed by atoms with Crippen LogP contribution in [0.2, 0.25) is 0 Å². The monoisotopic (exact) mass is 198 g/mol. The highest BCUT2D eigenvalue weighted by molar-refractivity contribution is 7.83. The molecule has 0 aliphatic carbocycles. The van der Waals surface area contributed by atoms with Gasteiger partial charge in [0.1, 0.15) is 0 Å². The second kappa shape index (κ2) is 6.28. The standard InChI is InChI=1S/C11H18OS/c1-2-4-10(7-8-13)5-3-6-11-9-12-11/h5,7-8,11,13H,2-4,6,9H2,1H3/b8-7-,10-5+. The minimum atomic E-state index is 0.555. The zero-order chi connectivity index (χ0) is 9.52. The molecule has 1 aliphatic heterocycles. The van der Waals surface area contributed by atoms with E-state index < -0.39 is 0 Å². The maximum atomic E-state index is 5.15. The van der Waals surface area contributed by atoms with Crippen molar-refractivity contribution >= 4 is 12.6 Å². The predicted octanol–water partition coefficient (Wildman–Crippen LogP) is 3.34. The lowest BCUT2D eigenvalue weighted by Crippen LogP contribution is -1.84. The van der Waals surface area contributed by atoms with Crippen molar-refractivity contribution in [2.24, 2.45) is 0 Å². The number of epoxide rings is 1. The number of thiol groups is 1. The highest BCUT2D eigenvalue weighted by atomic mass is 32.1. The van der Waals surface area contributed by atoms with E-state index in [0.29, 0.717) is 6.10 Å². The van der Waals surface area contributed by atoms with Crippen LogP contribution in [0, 0.1) is 0 Å². The number of hydrogen-bond donors (Lipinski definition) is 1. The number of rotatable bonds is 6. The molecule has 1 nitrogen and oxygen atoms in total. The first kappa shape index (κ1) is 10.9. The van der Waals surface area contributed by atoms with Gasteiger partial charge in [0.2, 0.25) is 0 Å². The average Bonchev–Trinajstić information content (AvgIpc) is 2.89. The molecular weight excluding hydrogens is 180 g/mol. The van der Waals surface area contributed by atoms with Crippen LogP contribution >= 0.6 is 12.6 Å². The third-order valence-electron chi connectivity index (χ3n) is 2.12. The summed E-state index contributed by atoms with van der Waals surface area (Å²) in [6.07, 6.45) is 9.61. The molecule has 1 atom stereocenters. The molecule has 1 aliphatic rings. The topological polar surface area (TPSA) is 12.5 Å². The molecule has 0 radical (unpaired) electrons. The van der Waals surface area contributed by atoms with E-state index in [1.165, 1.54) is 18.4 Å². The summed E-state index contributed by atoms with van der Waals surface area (Å²) in [6.45, 7) is 3.17. The van der Waals surface area contributed by atoms with Gasteiger partial charge in [0.15, 0.2) is 0 Å². The van der Waals surface area contributed by atoms with Crippen LogP contribution in [0.4, 0.5) is 0 Å². The summed E-state index contributed by atoms with van der Waals surface area (Å²) in [5.41, 5.74) is 1.40. The molecule has 1 rings (SSSR count). The fraction of sp³-hybridized carbons (Fsp3) is 0.636. The van der Waals surface area contributed by atoms with Crippen molar-refractivity contribution < 1.29 is 4.74 Å². The van der Waals surface area contributed by atoms with E-state index in [4.69, 9.17) is 4.74 Å². The van der Waals surface area contributed by atoms with Crippen molar-refractivity contribution in [3.63, 3.8) is 0 Å². The lowest BCUT2D eigenvalue weighted by atomic mass is 10.1. The van der Waals surface area contributed by atoms with E-state index in [1.807, 2.05) is 5.41 Å². The Morgan fingerprint density at radius 3 is 2.92 bits per heavy atom. The van der Waals surface area contributed by atoms with Crippen LogP contribution in [-0.2, 0) is 4.74 Å². The normalized spacial score (nSPS) is 22.6. The third kappa shape index (κ3) is 5.17. The molecular formula is C11H18OS. The van der Waals surface area contributed by atoms with Gasteiger partial charge in [-0.15, -0.1) is 0 Å². The first-order valence-electron chi connectivity index (χ1n) is 4.98. The van der Waals surface area contributed by atoms with Gasteiger partial charge in [-0.2, -0.15) is 12.6 Å². The Morgan fingerprint density at radius 1 is 1.62 bits per heavy atom. The van der Waals surface area contributed by atoms with Crippen molar-refractivity contribution in [1.82, 2.24) is 0 Å². The Morgan fingerprint density at radius 2 is 2.38 bits per heavy atom. The zero-order valence-electron chi connectivity index (χ0n) is 8.20. The summed E-state index contributed by atoms with van der Waals surface area (Å²) < 4.78 is 5.15. The third-order valence-corrected chi connectivity index (χ3v) is 2.27. The lowest BCUT2D eigenvalue weighted by Gasteiger charge is -1.98. The smallest absolute Gasteiger partial charge is 0.0812 e. The molecule has 13 heavy (non-hydrogen) atoms. The maximum Gasteiger partial charge on any atom is 0.0812 e. The van der Waals surface area contributed by atoms with Gasteiger partial charge in [-0.05, 0) is 24.7 Å². The van der Waals surface area contributed by atoms with Crippen LogP contribution < -0.4 is 0 Å². The summed E-state index contributed by atoms with van der Waals surface area (Å²) in [5, 5.41) is 1.81. The van der Waals surface area contributed by atoms with Crippen LogP contribution in [0.3, 0.4) is 0 Å². The highest BCUT2D eigenvalue weighted by Crippen LogP contribution is 2.17. The Balaban J connectivity index is 2.23. The van der Waals surface area contributed by atoms with Crippen LogP contribution in [-0.4, -0.2) is 12.7 Å². The van der Waals surface area contributed by atoms with Crippen molar-refractivity contribution in [2.45, 2.75) is 38.7 Å². The molecule has 1 heterocycles. The van der Waals surface area contributed by atoms with Crippen LogP contribution in [0.15, 0.2) is 23.1 Å². The van der Waals surface area contributed by atoms with Crippen LogP contribution in [0.25, 0.3) is 0 Å². The van der Waals surface area contributed by atoms with E-state index >= 15 is 0 Å². The average molecular weight is 198 g/mol. The lowest BCUT2D eigenvalue weighted by molar-refractivity contribution is 0.398. The van der Waals surface area contributed by atoms with Gasteiger partial charge in [-0.25, -0.2) is 0 Å². The largest absolute Gasteiger partial charge is 0.373 e. The molecule has 0 aromatic carbocycles. The van der Waals surface area contributed by atoms with Gasteiger partial charge < -0.3 is 4.74 Å². The minimum Gasteiger partial charge on any atom is -0.373 e. The number of ether oxygens (including phenoxy) is 1. The summed E-state index contributed by atoms with van der Waals surface area (Å²) in [7, 11) is 0. The van der Waals surface area contributed by atoms with Crippen molar-refractivity contribution in [2.75, 3.05) is 6.61 Å². The summed E-state index contributed by atoms with van der Waals surface area (Å²) in [4.78, 5) is 0. The van der Waals surface area contributed by atoms with Gasteiger partial charge in [-0.1, -0.05) is 31.1 Å². The summed E-state index contributed by atoms with van der Waals surface area (Å²) in [5.74, 6) is 0. The molecule has 0 aromatic heterocycles. The van der Waals surface area contributed by atoms with Crippen LogP contribution in [0.5, 0.6) is 0 Å². The molecule has 1 fully saturated rings. The Hall–Kier alpha value is -0.210. The van der Waals surface area contributed by atoms with Crippen molar-refractivity contribution in [3.05, 3.63) is 23.1 Å². The van der Waals surface area contributed by atoms with Gasteiger partial charge >= 0.3 is 0 Å². The second-order valence-electron chi connectivity index (χ2n) is 3.38. The molecule has 0 spiro atoms. The van der Waals surface area contributed by atoms with E-state index in [1.54, 1.807) is 0 Å². The van der Waals surface area contributed by atoms with E-state index in [9.17, 15) is 0 Å². The molecule has 1 unspecified atom stereocenters. The molecule has 0 bridgehead atoms. The zero-order valence-corrected chi connectivity index (χ0v) is 9.09. The molecule has 74 valence electrons. The summed E-state index contributed by atoms with van der Waals surface area (Å²) >= 11 is 4.08. The molecule has 0 aromatic rings. The van der Waals surface area contributed by atoms with Gasteiger partial charge in [0.05, 0.1) is 12.7 Å². The highest BCUT2D eigenvalue weighted by Gasteiger charge is 2.20. The molecule has 0 saturated carbocycles. The predicted molar refractivity (Wildman–Crippen MR) is 60.1 cm³/mol. The van der Waals surface area contributed by atoms with Crippen LogP contribution in [0.1, 0.15) is 32.6 Å². The van der Waals surface area contributed by atoms with Crippen molar-refractivity contribution in [3.8, 4) is 0 Å².